The molecule has 4 aromatic heterocycles. The quantitative estimate of drug-likeness (QED) is 0.533. The molecule has 4 heterocycles. The van der Waals surface area contributed by atoms with Gasteiger partial charge in [0.25, 0.3) is 0 Å². The number of hydrogen-bond acceptors (Lipinski definition) is 5. The lowest BCUT2D eigenvalue weighted by molar-refractivity contribution is 0.602. The van der Waals surface area contributed by atoms with Crippen molar-refractivity contribution in [3.05, 3.63) is 65.4 Å². The topological polar surface area (TPSA) is 89.6 Å². The lowest BCUT2D eigenvalue weighted by Gasteiger charge is -2.08. The Kier molecular flexibility index (Phi) is 2.94. The summed E-state index contributed by atoms with van der Waals surface area (Å²) in [7, 11) is 1.84. The van der Waals surface area contributed by atoms with Gasteiger partial charge in [0.05, 0.1) is 5.39 Å². The standard InChI is InChI=1S/C19H11N5O2/c1-24-7-5-15(23-24)18-12(9-13-16(25)4-6-20-19(13)22-18)11-2-3-14-17(8-11)26-10-21-14/h2-3,5,7-10H,1H3,(H,20,22). The first-order chi connectivity index (χ1) is 12.7. The van der Waals surface area contributed by atoms with Gasteiger partial charge in [0.15, 0.2) is 12.0 Å². The van der Waals surface area contributed by atoms with E-state index in [-0.39, 0.29) is 5.43 Å². The van der Waals surface area contributed by atoms with Crippen LogP contribution in [0.25, 0.3) is 44.6 Å². The fourth-order valence-electron chi connectivity index (χ4n) is 2.98. The SMILES string of the molecule is Cn1ccc(-c2nc3[nH]c#cc(=O)c3cc2-c2ccc3ncoc3c2)n1. The summed E-state index contributed by atoms with van der Waals surface area (Å²) >= 11 is 0. The van der Waals surface area contributed by atoms with Crippen LogP contribution in [-0.2, 0) is 7.05 Å². The second kappa shape index (κ2) is 5.29. The summed E-state index contributed by atoms with van der Waals surface area (Å²) in [5, 5.41) is 4.90. The Balaban J connectivity index is 1.86. The summed E-state index contributed by atoms with van der Waals surface area (Å²) in [4.78, 5) is 23.8. The number of aryl methyl sites for hydroxylation is 1. The maximum absolute atomic E-state index is 12.2. The number of oxazole rings is 1. The van der Waals surface area contributed by atoms with Crippen LogP contribution in [0, 0.1) is 12.3 Å². The number of aromatic nitrogens is 5. The zero-order valence-electron chi connectivity index (χ0n) is 13.6. The lowest BCUT2D eigenvalue weighted by atomic mass is 10.0. The van der Waals surface area contributed by atoms with Gasteiger partial charge in [-0.15, -0.1) is 0 Å². The van der Waals surface area contributed by atoms with Crippen LogP contribution in [0.3, 0.4) is 0 Å². The molecule has 1 N–H and O–H groups in total. The zero-order valence-corrected chi connectivity index (χ0v) is 13.6. The molecule has 0 amide bonds. The Morgan fingerprint density at radius 3 is 3.00 bits per heavy atom. The number of benzene rings is 1. The molecule has 0 unspecified atom stereocenters. The van der Waals surface area contributed by atoms with Crippen LogP contribution in [0.1, 0.15) is 0 Å². The molecule has 1 aromatic carbocycles. The molecule has 124 valence electrons. The minimum Gasteiger partial charge on any atom is -0.443 e. The van der Waals surface area contributed by atoms with Crippen LogP contribution >= 0.6 is 0 Å². The van der Waals surface area contributed by atoms with E-state index in [1.165, 1.54) is 6.39 Å². The molecule has 7 heteroatoms. The van der Waals surface area contributed by atoms with Crippen molar-refractivity contribution in [3.8, 4) is 22.5 Å². The molecule has 5 rings (SSSR count). The van der Waals surface area contributed by atoms with Crippen molar-refractivity contribution in [1.29, 1.82) is 0 Å². The minimum absolute atomic E-state index is 0.263. The van der Waals surface area contributed by atoms with Gasteiger partial charge < -0.3 is 4.42 Å². The van der Waals surface area contributed by atoms with E-state index in [1.54, 1.807) is 10.7 Å². The van der Waals surface area contributed by atoms with E-state index in [0.29, 0.717) is 28.0 Å². The van der Waals surface area contributed by atoms with Crippen LogP contribution in [0.5, 0.6) is 0 Å². The largest absolute Gasteiger partial charge is 0.443 e. The van der Waals surface area contributed by atoms with Crippen molar-refractivity contribution in [1.82, 2.24) is 24.7 Å². The van der Waals surface area contributed by atoms with Gasteiger partial charge in [0, 0.05) is 31.1 Å². The third-order valence-corrected chi connectivity index (χ3v) is 4.22. The molecular weight excluding hydrogens is 330 g/mol. The maximum Gasteiger partial charge on any atom is 0.241 e. The minimum atomic E-state index is -0.263. The third kappa shape index (κ3) is 2.17. The van der Waals surface area contributed by atoms with E-state index in [2.05, 4.69) is 32.3 Å². The summed E-state index contributed by atoms with van der Waals surface area (Å²) in [5.74, 6) is 0. The van der Waals surface area contributed by atoms with Crippen LogP contribution in [0.4, 0.5) is 0 Å². The predicted octanol–water partition coefficient (Wildman–Crippen LogP) is 2.73. The number of H-pyrrole nitrogens is 1. The number of aromatic amines is 1. The van der Waals surface area contributed by atoms with E-state index in [0.717, 1.165) is 16.6 Å². The van der Waals surface area contributed by atoms with E-state index in [9.17, 15) is 4.79 Å². The molecule has 0 fully saturated rings. The number of fused-ring (bicyclic) bond motifs is 2. The van der Waals surface area contributed by atoms with Crippen LogP contribution in [0.15, 0.2) is 52.1 Å². The fraction of sp³-hybridized carbons (Fsp3) is 0.0526. The Labute approximate surface area is 146 Å². The second-order valence-electron chi connectivity index (χ2n) is 5.89. The second-order valence-corrected chi connectivity index (χ2v) is 5.89. The molecule has 26 heavy (non-hydrogen) atoms. The van der Waals surface area contributed by atoms with Crippen molar-refractivity contribution >= 4 is 22.1 Å². The Hall–Kier alpha value is -3.92. The number of nitrogens with one attached hydrogen (secondary N) is 1. The number of rotatable bonds is 2. The molecule has 0 aliphatic carbocycles. The Morgan fingerprint density at radius 2 is 2.15 bits per heavy atom. The lowest BCUT2D eigenvalue weighted by Crippen LogP contribution is -2.02. The highest BCUT2D eigenvalue weighted by molar-refractivity contribution is 5.91. The molecule has 0 saturated heterocycles. The maximum atomic E-state index is 12.2. The van der Waals surface area contributed by atoms with Gasteiger partial charge in [-0.05, 0) is 29.8 Å². The first-order valence-corrected chi connectivity index (χ1v) is 7.89. The first kappa shape index (κ1) is 14.4. The zero-order chi connectivity index (χ0) is 17.7. The molecule has 0 atom stereocenters. The van der Waals surface area contributed by atoms with Gasteiger partial charge >= 0.3 is 0 Å². The highest BCUT2D eigenvalue weighted by atomic mass is 16.3. The van der Waals surface area contributed by atoms with E-state index in [4.69, 9.17) is 4.42 Å². The van der Waals surface area contributed by atoms with Gasteiger partial charge in [-0.1, -0.05) is 6.07 Å². The van der Waals surface area contributed by atoms with Crippen molar-refractivity contribution in [2.24, 2.45) is 7.05 Å². The highest BCUT2D eigenvalue weighted by Gasteiger charge is 2.16. The number of nitrogens with zero attached hydrogens (tertiary/aromatic N) is 4. The number of hydrogen-bond donors (Lipinski definition) is 1. The van der Waals surface area contributed by atoms with Crippen molar-refractivity contribution in [2.45, 2.75) is 0 Å². The van der Waals surface area contributed by atoms with Crippen molar-refractivity contribution in [3.63, 3.8) is 0 Å². The summed E-state index contributed by atoms with van der Waals surface area (Å²) in [6, 6.07) is 11.9. The molecule has 0 aliphatic rings. The number of pyridine rings is 1. The molecule has 0 spiro atoms. The Morgan fingerprint density at radius 1 is 1.23 bits per heavy atom. The molecule has 0 radical (unpaired) electrons. The Bertz CT molecular complexity index is 1330. The third-order valence-electron chi connectivity index (χ3n) is 4.22. The van der Waals surface area contributed by atoms with Crippen molar-refractivity contribution in [2.75, 3.05) is 0 Å². The van der Waals surface area contributed by atoms with Gasteiger partial charge in [-0.25, -0.2) is 9.97 Å². The van der Waals surface area contributed by atoms with E-state index < -0.39 is 0 Å². The van der Waals surface area contributed by atoms with E-state index >= 15 is 0 Å². The highest BCUT2D eigenvalue weighted by Crippen LogP contribution is 2.32. The van der Waals surface area contributed by atoms with E-state index in [1.807, 2.05) is 37.5 Å². The molecule has 7 nitrogen and oxygen atoms in total. The fourth-order valence-corrected chi connectivity index (χ4v) is 2.98. The molecule has 5 aromatic rings. The molecule has 0 bridgehead atoms. The molecule has 0 saturated carbocycles. The summed E-state index contributed by atoms with van der Waals surface area (Å²) in [6.45, 7) is 0. The summed E-state index contributed by atoms with van der Waals surface area (Å²) in [6.07, 6.45) is 5.84. The van der Waals surface area contributed by atoms with Gasteiger partial charge in [-0.2, -0.15) is 5.10 Å². The summed E-state index contributed by atoms with van der Waals surface area (Å²) in [5.41, 5.74) is 4.61. The van der Waals surface area contributed by atoms with Crippen LogP contribution < -0.4 is 5.43 Å². The smallest absolute Gasteiger partial charge is 0.241 e. The molecule has 0 aliphatic heterocycles. The van der Waals surface area contributed by atoms with Crippen LogP contribution in [0.2, 0.25) is 0 Å². The predicted molar refractivity (Wildman–Crippen MR) is 95.2 cm³/mol. The van der Waals surface area contributed by atoms with Gasteiger partial charge in [-0.3, -0.25) is 14.5 Å². The van der Waals surface area contributed by atoms with Crippen molar-refractivity contribution < 1.29 is 4.42 Å². The van der Waals surface area contributed by atoms with Gasteiger partial charge in [0.1, 0.15) is 22.6 Å². The average Bonchev–Trinajstić information content (AvgIpc) is 3.29. The van der Waals surface area contributed by atoms with Crippen LogP contribution in [-0.4, -0.2) is 24.7 Å². The van der Waals surface area contributed by atoms with Gasteiger partial charge in [0.2, 0.25) is 5.43 Å². The first-order valence-electron chi connectivity index (χ1n) is 7.89. The average molecular weight is 341 g/mol. The normalized spacial score (nSPS) is 11.1. The monoisotopic (exact) mass is 341 g/mol. The summed E-state index contributed by atoms with van der Waals surface area (Å²) < 4.78 is 7.12. The molecular formula is C19H11N5O2.